The molecule has 1 saturated heterocycles. The number of halogens is 2. The summed E-state index contributed by atoms with van der Waals surface area (Å²) in [7, 11) is 2.76. The van der Waals surface area contributed by atoms with Crippen LogP contribution in [0.15, 0.2) is 0 Å². The fourth-order valence-corrected chi connectivity index (χ4v) is 5.23. The molecule has 2 aliphatic carbocycles. The third kappa shape index (κ3) is 0.950. The highest BCUT2D eigenvalue weighted by Gasteiger charge is 2.89. The zero-order valence-corrected chi connectivity index (χ0v) is 11.5. The summed E-state index contributed by atoms with van der Waals surface area (Å²) in [6.45, 7) is 0.650. The van der Waals surface area contributed by atoms with Crippen LogP contribution < -0.4 is 0 Å². The summed E-state index contributed by atoms with van der Waals surface area (Å²) in [5, 5.41) is 10.2. The van der Waals surface area contributed by atoms with Crippen molar-refractivity contribution in [2.75, 3.05) is 27.4 Å². The summed E-state index contributed by atoms with van der Waals surface area (Å²) in [6.07, 6.45) is -1.42. The first kappa shape index (κ1) is 13.1. The average molecular weight is 297 g/mol. The molecule has 0 radical (unpaired) electrons. The average Bonchev–Trinajstić information content (AvgIpc) is 2.94. The number of fused-ring (bicyclic) bond motifs is 5. The van der Waals surface area contributed by atoms with Crippen molar-refractivity contribution in [3.63, 3.8) is 0 Å². The van der Waals surface area contributed by atoms with E-state index in [1.807, 2.05) is 0 Å². The largest absolute Gasteiger partial charge is 0.383 e. The number of carbonyl (C=O) groups excluding carboxylic acids is 1. The zero-order valence-electron chi connectivity index (χ0n) is 9.98. The number of aliphatic hydroxyl groups is 1. The number of ether oxygens (including phenoxy) is 3. The van der Waals surface area contributed by atoms with E-state index < -0.39 is 27.4 Å². The maximum atomic E-state index is 12.3. The van der Waals surface area contributed by atoms with E-state index in [9.17, 15) is 9.90 Å². The van der Waals surface area contributed by atoms with E-state index >= 15 is 0 Å². The lowest BCUT2D eigenvalue weighted by atomic mass is 9.78. The molecule has 5 atom stereocenters. The summed E-state index contributed by atoms with van der Waals surface area (Å²) < 4.78 is 16.1. The van der Waals surface area contributed by atoms with Gasteiger partial charge in [-0.15, -0.1) is 23.2 Å². The highest BCUT2D eigenvalue weighted by molar-refractivity contribution is 6.43. The molecule has 3 rings (SSSR count). The molecule has 0 unspecified atom stereocenters. The fourth-order valence-electron chi connectivity index (χ4n) is 3.94. The number of methoxy groups -OCH3 is 2. The molecule has 5 nitrogen and oxygen atoms in total. The predicted octanol–water partition coefficient (Wildman–Crippen LogP) is 0.150. The summed E-state index contributed by atoms with van der Waals surface area (Å²) >= 11 is 13.1. The first-order valence-corrected chi connectivity index (χ1v) is 6.45. The lowest BCUT2D eigenvalue weighted by molar-refractivity contribution is -0.231. The van der Waals surface area contributed by atoms with Crippen molar-refractivity contribution in [2.45, 2.75) is 21.6 Å². The molecule has 2 saturated carbocycles. The second-order valence-electron chi connectivity index (χ2n) is 5.02. The number of alkyl halides is 2. The van der Waals surface area contributed by atoms with Gasteiger partial charge in [0.2, 0.25) is 5.79 Å². The number of rotatable bonds is 2. The molecule has 1 N–H and O–H groups in total. The van der Waals surface area contributed by atoms with Crippen molar-refractivity contribution in [2.24, 2.45) is 11.8 Å². The Kier molecular flexibility index (Phi) is 2.61. The van der Waals surface area contributed by atoms with Gasteiger partial charge in [-0.3, -0.25) is 4.79 Å². The summed E-state index contributed by atoms with van der Waals surface area (Å²) in [5.74, 6) is -2.66. The van der Waals surface area contributed by atoms with Crippen LogP contribution in [0.2, 0.25) is 0 Å². The van der Waals surface area contributed by atoms with Crippen LogP contribution in [0.5, 0.6) is 0 Å². The van der Waals surface area contributed by atoms with Crippen molar-refractivity contribution < 1.29 is 24.1 Å². The summed E-state index contributed by atoms with van der Waals surface area (Å²) in [5.41, 5.74) is 0. The Hall–Kier alpha value is 0.0900. The van der Waals surface area contributed by atoms with Gasteiger partial charge in [0.1, 0.15) is 11.0 Å². The van der Waals surface area contributed by atoms with Gasteiger partial charge >= 0.3 is 0 Å². The lowest BCUT2D eigenvalue weighted by Gasteiger charge is -2.40. The van der Waals surface area contributed by atoms with Crippen molar-refractivity contribution in [3.05, 3.63) is 0 Å². The predicted molar refractivity (Wildman–Crippen MR) is 62.7 cm³/mol. The van der Waals surface area contributed by atoms with Crippen molar-refractivity contribution in [3.8, 4) is 0 Å². The molecule has 3 fully saturated rings. The van der Waals surface area contributed by atoms with E-state index in [0.29, 0.717) is 13.2 Å². The first-order valence-electron chi connectivity index (χ1n) is 5.70. The van der Waals surface area contributed by atoms with Gasteiger partial charge < -0.3 is 19.3 Å². The van der Waals surface area contributed by atoms with Crippen LogP contribution in [-0.2, 0) is 19.0 Å². The molecule has 0 spiro atoms. The van der Waals surface area contributed by atoms with Gasteiger partial charge in [-0.1, -0.05) is 0 Å². The van der Waals surface area contributed by atoms with Crippen LogP contribution in [0.4, 0.5) is 0 Å². The smallest absolute Gasteiger partial charge is 0.217 e. The van der Waals surface area contributed by atoms with Crippen molar-refractivity contribution in [1.82, 2.24) is 0 Å². The van der Waals surface area contributed by atoms with Gasteiger partial charge in [0.25, 0.3) is 0 Å². The number of carbonyl (C=O) groups is 1. The molecule has 1 heterocycles. The van der Waals surface area contributed by atoms with Crippen LogP contribution in [-0.4, -0.2) is 60.0 Å². The van der Waals surface area contributed by atoms with Crippen LogP contribution >= 0.6 is 23.2 Å². The molecule has 2 bridgehead atoms. The van der Waals surface area contributed by atoms with E-state index in [1.54, 1.807) is 0 Å². The third-order valence-electron chi connectivity index (χ3n) is 4.69. The highest BCUT2D eigenvalue weighted by atomic mass is 35.5. The van der Waals surface area contributed by atoms with Gasteiger partial charge in [0.05, 0.1) is 13.2 Å². The molecule has 0 amide bonds. The minimum absolute atomic E-state index is 0.274. The molecular weight excluding hydrogens is 283 g/mol. The number of hydrogen-bond donors (Lipinski definition) is 1. The van der Waals surface area contributed by atoms with Crippen molar-refractivity contribution in [1.29, 1.82) is 0 Å². The Morgan fingerprint density at radius 1 is 1.28 bits per heavy atom. The first-order chi connectivity index (χ1) is 8.41. The summed E-state index contributed by atoms with van der Waals surface area (Å²) in [6, 6.07) is 0. The Bertz CT molecular complexity index is 412. The van der Waals surface area contributed by atoms with Gasteiger partial charge in [-0.05, 0) is 0 Å². The molecule has 7 heteroatoms. The van der Waals surface area contributed by atoms with Gasteiger partial charge in [0, 0.05) is 26.1 Å². The Balaban J connectivity index is 2.26. The molecule has 18 heavy (non-hydrogen) atoms. The van der Waals surface area contributed by atoms with Crippen LogP contribution in [0.1, 0.15) is 0 Å². The number of Topliss-reactive ketones (excluding diaryl/α,β-unsaturated/α-hetero) is 1. The minimum Gasteiger partial charge on any atom is -0.383 e. The van der Waals surface area contributed by atoms with Gasteiger partial charge in [-0.2, -0.15) is 0 Å². The van der Waals surface area contributed by atoms with Crippen LogP contribution in [0.25, 0.3) is 0 Å². The molecule has 0 aromatic heterocycles. The molecule has 0 aromatic rings. The Labute approximate surface area is 114 Å². The molecule has 0 aromatic carbocycles. The number of ketones is 1. The lowest BCUT2D eigenvalue weighted by Crippen LogP contribution is -2.58. The number of hydrogen-bond acceptors (Lipinski definition) is 5. The topological polar surface area (TPSA) is 65.0 Å². The van der Waals surface area contributed by atoms with Crippen LogP contribution in [0, 0.1) is 11.8 Å². The van der Waals surface area contributed by atoms with E-state index in [1.165, 1.54) is 14.2 Å². The van der Waals surface area contributed by atoms with Crippen molar-refractivity contribution >= 4 is 29.0 Å². The minimum atomic E-state index is -1.53. The second kappa shape index (κ2) is 3.59. The summed E-state index contributed by atoms with van der Waals surface area (Å²) in [4.78, 5) is 9.38. The highest BCUT2D eigenvalue weighted by Crippen LogP contribution is 2.70. The maximum Gasteiger partial charge on any atom is 0.217 e. The Morgan fingerprint density at radius 2 is 1.83 bits per heavy atom. The maximum absolute atomic E-state index is 12.3. The standard InChI is InChI=1S/C11H14Cl2O5/c1-16-11(17-2)9(12)5-3-18-4-6(5)10(11,13)8(15)7(9)14/h5-7,14H,3-4H2,1-2H3/t5-,6+,7+,9-,10+/m0/s1. The SMILES string of the molecule is COC1(OC)[C@@]2(Cl)[C@H](O)C(=O)[C@]1(Cl)[C@@H]1COC[C@@H]12. The molecule has 1 aliphatic heterocycles. The third-order valence-corrected chi connectivity index (χ3v) is 6.15. The monoisotopic (exact) mass is 296 g/mol. The fraction of sp³-hybridized carbons (Fsp3) is 0.909. The van der Waals surface area contributed by atoms with E-state index in [0.717, 1.165) is 0 Å². The van der Waals surface area contributed by atoms with Gasteiger partial charge in [0.15, 0.2) is 10.7 Å². The second-order valence-corrected chi connectivity index (χ2v) is 6.24. The molecule has 3 aliphatic rings. The van der Waals surface area contributed by atoms with Crippen LogP contribution in [0.3, 0.4) is 0 Å². The van der Waals surface area contributed by atoms with E-state index in [-0.39, 0.29) is 11.8 Å². The zero-order chi connectivity index (χ0) is 13.3. The van der Waals surface area contributed by atoms with E-state index in [2.05, 4.69) is 0 Å². The molecular formula is C11H14Cl2O5. The quantitative estimate of drug-likeness (QED) is 0.580. The number of aliphatic hydroxyl groups excluding tert-OH is 1. The van der Waals surface area contributed by atoms with Gasteiger partial charge in [-0.25, -0.2) is 0 Å². The van der Waals surface area contributed by atoms with E-state index in [4.69, 9.17) is 37.4 Å². The normalized spacial score (nSPS) is 52.9. The molecule has 102 valence electrons. The Morgan fingerprint density at radius 3 is 2.39 bits per heavy atom.